The summed E-state index contributed by atoms with van der Waals surface area (Å²) in [5.74, 6) is 0.481. The molecule has 4 nitrogen and oxygen atoms in total. The highest BCUT2D eigenvalue weighted by molar-refractivity contribution is 5.36. The van der Waals surface area contributed by atoms with Crippen LogP contribution in [-0.2, 0) is 6.54 Å². The Kier molecular flexibility index (Phi) is 5.33. The average Bonchev–Trinajstić information content (AvgIpc) is 2.88. The first-order valence-corrected chi connectivity index (χ1v) is 7.29. The summed E-state index contributed by atoms with van der Waals surface area (Å²) in [7, 11) is 1.63. The fourth-order valence-corrected chi connectivity index (χ4v) is 2.48. The average molecular weight is 291 g/mol. The number of ether oxygens (including phenoxy) is 1. The van der Waals surface area contributed by atoms with Gasteiger partial charge < -0.3 is 10.1 Å². The maximum atomic E-state index is 13.6. The molecule has 21 heavy (non-hydrogen) atoms. The molecule has 114 valence electrons. The van der Waals surface area contributed by atoms with E-state index in [1.54, 1.807) is 25.4 Å². The normalized spacial score (nSPS) is 12.4. The van der Waals surface area contributed by atoms with Gasteiger partial charge >= 0.3 is 0 Å². The van der Waals surface area contributed by atoms with Crippen molar-refractivity contribution < 1.29 is 9.13 Å². The molecule has 2 rings (SSSR count). The van der Waals surface area contributed by atoms with Gasteiger partial charge in [-0.1, -0.05) is 26.0 Å². The largest absolute Gasteiger partial charge is 0.493 e. The molecule has 5 heteroatoms. The second-order valence-electron chi connectivity index (χ2n) is 4.87. The van der Waals surface area contributed by atoms with Gasteiger partial charge in [-0.25, -0.2) is 4.39 Å². The highest BCUT2D eigenvalue weighted by atomic mass is 19.1. The molecule has 0 spiro atoms. The predicted octanol–water partition coefficient (Wildman–Crippen LogP) is 3.14. The zero-order chi connectivity index (χ0) is 15.2. The van der Waals surface area contributed by atoms with Crippen LogP contribution in [0.1, 0.15) is 37.6 Å². The molecule has 0 aliphatic carbocycles. The third kappa shape index (κ3) is 3.42. The molecule has 0 amide bonds. The van der Waals surface area contributed by atoms with Crippen LogP contribution in [0.4, 0.5) is 4.39 Å². The Hall–Kier alpha value is -1.88. The van der Waals surface area contributed by atoms with E-state index in [0.29, 0.717) is 0 Å². The number of halogens is 1. The van der Waals surface area contributed by atoms with Gasteiger partial charge in [0.15, 0.2) is 5.75 Å². The predicted molar refractivity (Wildman–Crippen MR) is 81.0 cm³/mol. The molecule has 1 N–H and O–H groups in total. The van der Waals surface area contributed by atoms with Crippen molar-refractivity contribution in [1.29, 1.82) is 0 Å². The first-order valence-electron chi connectivity index (χ1n) is 7.29. The van der Waals surface area contributed by atoms with E-state index in [9.17, 15) is 4.39 Å². The van der Waals surface area contributed by atoms with Crippen LogP contribution in [0, 0.1) is 5.82 Å². The number of benzene rings is 1. The van der Waals surface area contributed by atoms with Gasteiger partial charge in [0.2, 0.25) is 0 Å². The number of aryl methyl sites for hydroxylation is 1. The maximum absolute atomic E-state index is 13.6. The summed E-state index contributed by atoms with van der Waals surface area (Å²) in [4.78, 5) is 0. The lowest BCUT2D eigenvalue weighted by molar-refractivity contribution is 0.398. The lowest BCUT2D eigenvalue weighted by Crippen LogP contribution is -2.25. The maximum Gasteiger partial charge on any atom is 0.161 e. The Morgan fingerprint density at radius 3 is 2.81 bits per heavy atom. The van der Waals surface area contributed by atoms with Gasteiger partial charge in [-0.3, -0.25) is 4.68 Å². The van der Waals surface area contributed by atoms with Gasteiger partial charge in [0.05, 0.1) is 19.3 Å². The van der Waals surface area contributed by atoms with E-state index in [2.05, 4.69) is 17.3 Å². The van der Waals surface area contributed by atoms with Crippen molar-refractivity contribution in [2.45, 2.75) is 32.9 Å². The van der Waals surface area contributed by atoms with E-state index in [1.807, 2.05) is 17.7 Å². The Bertz CT molecular complexity index is 583. The Labute approximate surface area is 124 Å². The molecule has 0 aliphatic rings. The Balaban J connectivity index is 2.49. The standard InChI is InChI=1S/C16H22FN3O/c1-4-9-20-16(14(21-3)11-19-20)15(18-5-2)12-7-6-8-13(17)10-12/h6-8,10-11,15,18H,4-5,9H2,1-3H3. The molecule has 1 heterocycles. The number of methoxy groups -OCH3 is 1. The van der Waals surface area contributed by atoms with E-state index >= 15 is 0 Å². The first kappa shape index (κ1) is 15.5. The summed E-state index contributed by atoms with van der Waals surface area (Å²) >= 11 is 0. The Morgan fingerprint density at radius 1 is 1.38 bits per heavy atom. The van der Waals surface area contributed by atoms with Gasteiger partial charge in [-0.2, -0.15) is 5.10 Å². The van der Waals surface area contributed by atoms with Crippen LogP contribution >= 0.6 is 0 Å². The zero-order valence-electron chi connectivity index (χ0n) is 12.8. The molecule has 0 saturated carbocycles. The van der Waals surface area contributed by atoms with E-state index in [4.69, 9.17) is 4.74 Å². The minimum atomic E-state index is -0.240. The number of hydrogen-bond donors (Lipinski definition) is 1. The molecule has 0 fully saturated rings. The van der Waals surface area contributed by atoms with Crippen molar-refractivity contribution in [3.63, 3.8) is 0 Å². The lowest BCUT2D eigenvalue weighted by atomic mass is 10.0. The van der Waals surface area contributed by atoms with Crippen LogP contribution in [-0.4, -0.2) is 23.4 Å². The molecule has 1 aromatic carbocycles. The van der Waals surface area contributed by atoms with Crippen LogP contribution in [0.3, 0.4) is 0 Å². The summed E-state index contributed by atoms with van der Waals surface area (Å²) in [5.41, 5.74) is 1.81. The summed E-state index contributed by atoms with van der Waals surface area (Å²) in [6.45, 7) is 5.69. The van der Waals surface area contributed by atoms with Crippen molar-refractivity contribution in [3.05, 3.63) is 47.5 Å². The zero-order valence-corrected chi connectivity index (χ0v) is 12.8. The van der Waals surface area contributed by atoms with Crippen molar-refractivity contribution in [2.24, 2.45) is 0 Å². The van der Waals surface area contributed by atoms with E-state index < -0.39 is 0 Å². The minimum Gasteiger partial charge on any atom is -0.493 e. The number of nitrogens with zero attached hydrogens (tertiary/aromatic N) is 2. The number of nitrogens with one attached hydrogen (secondary N) is 1. The van der Waals surface area contributed by atoms with E-state index in [1.165, 1.54) is 6.07 Å². The molecule has 0 radical (unpaired) electrons. The van der Waals surface area contributed by atoms with Crippen molar-refractivity contribution in [3.8, 4) is 5.75 Å². The SMILES string of the molecule is CCCn1ncc(OC)c1C(NCC)c1cccc(F)c1. The second-order valence-corrected chi connectivity index (χ2v) is 4.87. The van der Waals surface area contributed by atoms with Crippen LogP contribution in [0.15, 0.2) is 30.5 Å². The van der Waals surface area contributed by atoms with Crippen LogP contribution in [0.5, 0.6) is 5.75 Å². The molecule has 0 aliphatic heterocycles. The molecular formula is C16H22FN3O. The van der Waals surface area contributed by atoms with Gasteiger partial charge in [0.1, 0.15) is 11.5 Å². The number of hydrogen-bond acceptors (Lipinski definition) is 3. The van der Waals surface area contributed by atoms with Gasteiger partial charge in [-0.05, 0) is 30.7 Å². The van der Waals surface area contributed by atoms with E-state index in [0.717, 1.165) is 36.5 Å². The molecular weight excluding hydrogens is 269 g/mol. The van der Waals surface area contributed by atoms with Crippen molar-refractivity contribution >= 4 is 0 Å². The molecule has 2 aromatic rings. The summed E-state index contributed by atoms with van der Waals surface area (Å²) in [6.07, 6.45) is 2.69. The minimum absolute atomic E-state index is 0.144. The van der Waals surface area contributed by atoms with E-state index in [-0.39, 0.29) is 11.9 Å². The van der Waals surface area contributed by atoms with Crippen molar-refractivity contribution in [2.75, 3.05) is 13.7 Å². The van der Waals surface area contributed by atoms with Crippen LogP contribution in [0.25, 0.3) is 0 Å². The molecule has 0 saturated heterocycles. The molecule has 1 aromatic heterocycles. The first-order chi connectivity index (χ1) is 10.2. The highest BCUT2D eigenvalue weighted by Crippen LogP contribution is 2.30. The Morgan fingerprint density at radius 2 is 2.19 bits per heavy atom. The number of aromatic nitrogens is 2. The summed E-state index contributed by atoms with van der Waals surface area (Å²) in [5, 5.41) is 7.78. The van der Waals surface area contributed by atoms with Gasteiger partial charge in [0, 0.05) is 6.54 Å². The van der Waals surface area contributed by atoms with Crippen LogP contribution in [0.2, 0.25) is 0 Å². The molecule has 1 unspecified atom stereocenters. The summed E-state index contributed by atoms with van der Waals surface area (Å²) in [6, 6.07) is 6.50. The summed E-state index contributed by atoms with van der Waals surface area (Å²) < 4.78 is 20.9. The number of rotatable bonds is 7. The quantitative estimate of drug-likeness (QED) is 0.852. The second kappa shape index (κ2) is 7.22. The van der Waals surface area contributed by atoms with Crippen molar-refractivity contribution in [1.82, 2.24) is 15.1 Å². The fourth-order valence-electron chi connectivity index (χ4n) is 2.48. The topological polar surface area (TPSA) is 39.1 Å². The highest BCUT2D eigenvalue weighted by Gasteiger charge is 2.23. The van der Waals surface area contributed by atoms with Crippen LogP contribution < -0.4 is 10.1 Å². The molecule has 1 atom stereocenters. The monoisotopic (exact) mass is 291 g/mol. The van der Waals surface area contributed by atoms with Gasteiger partial charge in [0.25, 0.3) is 0 Å². The third-order valence-corrected chi connectivity index (χ3v) is 3.36. The fraction of sp³-hybridized carbons (Fsp3) is 0.438. The third-order valence-electron chi connectivity index (χ3n) is 3.36. The smallest absolute Gasteiger partial charge is 0.161 e. The van der Waals surface area contributed by atoms with Gasteiger partial charge in [-0.15, -0.1) is 0 Å². The lowest BCUT2D eigenvalue weighted by Gasteiger charge is -2.21. The molecule has 0 bridgehead atoms.